The van der Waals surface area contributed by atoms with Crippen molar-refractivity contribution in [3.8, 4) is 0 Å². The molecule has 1 heterocycles. The Hall–Kier alpha value is -1.29. The summed E-state index contributed by atoms with van der Waals surface area (Å²) in [5.74, 6) is 1.57. The summed E-state index contributed by atoms with van der Waals surface area (Å²) in [7, 11) is 0. The van der Waals surface area contributed by atoms with Crippen molar-refractivity contribution in [2.45, 2.75) is 45.1 Å². The topological polar surface area (TPSA) is 71.2 Å². The average molecular weight is 249 g/mol. The number of aryl methyl sites for hydroxylation is 1. The van der Waals surface area contributed by atoms with Crippen LogP contribution >= 0.6 is 0 Å². The van der Waals surface area contributed by atoms with Gasteiger partial charge in [-0.2, -0.15) is 0 Å². The van der Waals surface area contributed by atoms with Gasteiger partial charge in [-0.25, -0.2) is 4.98 Å². The van der Waals surface area contributed by atoms with Gasteiger partial charge in [0.2, 0.25) is 0 Å². The number of aromatic nitrogens is 1. The molecule has 0 spiro atoms. The number of nitrogens with zero attached hydrogens (tertiary/aromatic N) is 1. The number of hydrogen-bond donors (Lipinski definition) is 3. The number of nitrogens with one attached hydrogen (secondary N) is 1. The summed E-state index contributed by atoms with van der Waals surface area (Å²) >= 11 is 0. The lowest BCUT2D eigenvalue weighted by molar-refractivity contribution is 0.155. The third-order valence-corrected chi connectivity index (χ3v) is 4.08. The molecule has 0 unspecified atom stereocenters. The van der Waals surface area contributed by atoms with Gasteiger partial charge in [0, 0.05) is 0 Å². The number of aliphatic hydroxyl groups excluding tert-OH is 1. The maximum atomic E-state index is 9.70. The molecule has 18 heavy (non-hydrogen) atoms. The van der Waals surface area contributed by atoms with Crippen LogP contribution in [-0.2, 0) is 0 Å². The van der Waals surface area contributed by atoms with E-state index in [9.17, 15) is 5.11 Å². The summed E-state index contributed by atoms with van der Waals surface area (Å²) in [5.41, 5.74) is 7.28. The molecule has 1 aliphatic rings. The molecule has 0 radical (unpaired) electrons. The fraction of sp³-hybridized carbons (Fsp3) is 0.643. The molecule has 1 aromatic rings. The molecule has 1 aromatic heterocycles. The molecule has 0 aliphatic heterocycles. The number of nitrogen functional groups attached to an aromatic ring is 1. The number of pyridine rings is 1. The fourth-order valence-corrected chi connectivity index (χ4v) is 2.54. The van der Waals surface area contributed by atoms with E-state index in [0.717, 1.165) is 43.0 Å². The second-order valence-electron chi connectivity index (χ2n) is 5.67. The van der Waals surface area contributed by atoms with Crippen molar-refractivity contribution < 1.29 is 5.11 Å². The zero-order valence-electron chi connectivity index (χ0n) is 11.2. The highest BCUT2D eigenvalue weighted by molar-refractivity contribution is 5.51. The number of rotatable bonds is 3. The van der Waals surface area contributed by atoms with Crippen LogP contribution in [0.5, 0.6) is 0 Å². The Morgan fingerprint density at radius 2 is 2.17 bits per heavy atom. The zero-order valence-corrected chi connectivity index (χ0v) is 11.2. The van der Waals surface area contributed by atoms with Crippen molar-refractivity contribution >= 4 is 11.5 Å². The molecular formula is C14H23N3O. The Kier molecular flexibility index (Phi) is 3.76. The standard InChI is InChI=1S/C14H23N3O/c1-10-3-5-14(9-18,6-4-10)17-13-7-11(2)12(15)8-16-13/h7-8,10,18H,3-6,9,15H2,1-2H3,(H,16,17). The molecule has 100 valence electrons. The van der Waals surface area contributed by atoms with Crippen LogP contribution in [0.1, 0.15) is 38.2 Å². The summed E-state index contributed by atoms with van der Waals surface area (Å²) in [6.07, 6.45) is 5.97. The van der Waals surface area contributed by atoms with E-state index in [4.69, 9.17) is 5.73 Å². The third-order valence-electron chi connectivity index (χ3n) is 4.08. The van der Waals surface area contributed by atoms with E-state index in [1.165, 1.54) is 0 Å². The highest BCUT2D eigenvalue weighted by atomic mass is 16.3. The molecule has 0 atom stereocenters. The second-order valence-corrected chi connectivity index (χ2v) is 5.67. The first-order valence-electron chi connectivity index (χ1n) is 6.66. The van der Waals surface area contributed by atoms with Crippen molar-refractivity contribution in [1.29, 1.82) is 0 Å². The third kappa shape index (κ3) is 2.75. The lowest BCUT2D eigenvalue weighted by Crippen LogP contribution is -2.45. The van der Waals surface area contributed by atoms with E-state index in [1.807, 2.05) is 13.0 Å². The van der Waals surface area contributed by atoms with Crippen LogP contribution < -0.4 is 11.1 Å². The van der Waals surface area contributed by atoms with Gasteiger partial charge in [-0.15, -0.1) is 0 Å². The van der Waals surface area contributed by atoms with E-state index in [-0.39, 0.29) is 12.1 Å². The first-order valence-corrected chi connectivity index (χ1v) is 6.66. The predicted molar refractivity (Wildman–Crippen MR) is 74.5 cm³/mol. The Bertz CT molecular complexity index is 412. The van der Waals surface area contributed by atoms with Crippen LogP contribution in [0.2, 0.25) is 0 Å². The van der Waals surface area contributed by atoms with E-state index >= 15 is 0 Å². The van der Waals surface area contributed by atoms with Crippen LogP contribution in [0.3, 0.4) is 0 Å². The maximum Gasteiger partial charge on any atom is 0.126 e. The van der Waals surface area contributed by atoms with Crippen LogP contribution in [-0.4, -0.2) is 22.2 Å². The highest BCUT2D eigenvalue weighted by Crippen LogP contribution is 2.34. The minimum Gasteiger partial charge on any atom is -0.397 e. The van der Waals surface area contributed by atoms with Gasteiger partial charge < -0.3 is 16.2 Å². The van der Waals surface area contributed by atoms with Crippen LogP contribution in [0.25, 0.3) is 0 Å². The lowest BCUT2D eigenvalue weighted by atomic mass is 9.77. The number of aliphatic hydroxyl groups is 1. The van der Waals surface area contributed by atoms with E-state index < -0.39 is 0 Å². The lowest BCUT2D eigenvalue weighted by Gasteiger charge is -2.39. The van der Waals surface area contributed by atoms with Gasteiger partial charge in [-0.1, -0.05) is 6.92 Å². The summed E-state index contributed by atoms with van der Waals surface area (Å²) in [6, 6.07) is 1.95. The minimum absolute atomic E-state index is 0.158. The largest absolute Gasteiger partial charge is 0.397 e. The van der Waals surface area contributed by atoms with Crippen LogP contribution in [0.15, 0.2) is 12.3 Å². The molecule has 0 saturated heterocycles. The molecule has 4 heteroatoms. The van der Waals surface area contributed by atoms with Crippen molar-refractivity contribution in [2.24, 2.45) is 5.92 Å². The van der Waals surface area contributed by atoms with E-state index in [2.05, 4.69) is 17.2 Å². The SMILES string of the molecule is Cc1cc(NC2(CO)CCC(C)CC2)ncc1N. The van der Waals surface area contributed by atoms with Crippen molar-refractivity contribution in [2.75, 3.05) is 17.7 Å². The first kappa shape index (κ1) is 13.1. The maximum absolute atomic E-state index is 9.70. The van der Waals surface area contributed by atoms with Gasteiger partial charge in [0.25, 0.3) is 0 Å². The van der Waals surface area contributed by atoms with Gasteiger partial charge in [0.1, 0.15) is 5.82 Å². The normalized spacial score (nSPS) is 28.1. The molecule has 1 aliphatic carbocycles. The number of nitrogens with two attached hydrogens (primary N) is 1. The Morgan fingerprint density at radius 1 is 1.50 bits per heavy atom. The minimum atomic E-state index is -0.206. The Balaban J connectivity index is 2.12. The van der Waals surface area contributed by atoms with Crippen molar-refractivity contribution in [1.82, 2.24) is 4.98 Å². The Labute approximate surface area is 109 Å². The number of anilines is 2. The van der Waals surface area contributed by atoms with Gasteiger partial charge in [0.15, 0.2) is 0 Å². The molecule has 0 aromatic carbocycles. The molecule has 4 nitrogen and oxygen atoms in total. The van der Waals surface area contributed by atoms with Gasteiger partial charge in [0.05, 0.1) is 24.0 Å². The molecule has 0 amide bonds. The molecule has 1 saturated carbocycles. The summed E-state index contributed by atoms with van der Waals surface area (Å²) in [5, 5.41) is 13.1. The smallest absolute Gasteiger partial charge is 0.126 e. The van der Waals surface area contributed by atoms with E-state index in [0.29, 0.717) is 5.69 Å². The van der Waals surface area contributed by atoms with Crippen LogP contribution in [0.4, 0.5) is 11.5 Å². The van der Waals surface area contributed by atoms with Crippen molar-refractivity contribution in [3.63, 3.8) is 0 Å². The molecular weight excluding hydrogens is 226 g/mol. The zero-order chi connectivity index (χ0) is 13.2. The fourth-order valence-electron chi connectivity index (χ4n) is 2.54. The summed E-state index contributed by atoms with van der Waals surface area (Å²) in [6.45, 7) is 4.40. The van der Waals surface area contributed by atoms with E-state index in [1.54, 1.807) is 6.20 Å². The predicted octanol–water partition coefficient (Wildman–Crippen LogP) is 2.33. The molecule has 2 rings (SSSR count). The summed E-state index contributed by atoms with van der Waals surface area (Å²) < 4.78 is 0. The quantitative estimate of drug-likeness (QED) is 0.769. The second kappa shape index (κ2) is 5.14. The van der Waals surface area contributed by atoms with Gasteiger partial charge >= 0.3 is 0 Å². The highest BCUT2D eigenvalue weighted by Gasteiger charge is 2.33. The first-order chi connectivity index (χ1) is 8.54. The van der Waals surface area contributed by atoms with Gasteiger partial charge in [-0.05, 0) is 50.2 Å². The molecule has 1 fully saturated rings. The average Bonchev–Trinajstić information content (AvgIpc) is 2.37. The number of hydrogen-bond acceptors (Lipinski definition) is 4. The monoisotopic (exact) mass is 249 g/mol. The molecule has 0 bridgehead atoms. The summed E-state index contributed by atoms with van der Waals surface area (Å²) in [4.78, 5) is 4.30. The Morgan fingerprint density at radius 3 is 2.72 bits per heavy atom. The van der Waals surface area contributed by atoms with Crippen molar-refractivity contribution in [3.05, 3.63) is 17.8 Å². The molecule has 4 N–H and O–H groups in total. The van der Waals surface area contributed by atoms with Crippen LogP contribution in [0, 0.1) is 12.8 Å². The van der Waals surface area contributed by atoms with Gasteiger partial charge in [-0.3, -0.25) is 0 Å².